The Hall–Kier alpha value is -2.38. The van der Waals surface area contributed by atoms with Crippen LogP contribution in [-0.4, -0.2) is 15.2 Å². The van der Waals surface area contributed by atoms with Gasteiger partial charge in [0.1, 0.15) is 5.76 Å². The summed E-state index contributed by atoms with van der Waals surface area (Å²) < 4.78 is 11.4. The minimum absolute atomic E-state index is 0.522. The Morgan fingerprint density at radius 1 is 1.00 bits per heavy atom. The summed E-state index contributed by atoms with van der Waals surface area (Å²) in [6, 6.07) is 13.7. The number of nitrogens with zero attached hydrogens (tertiary/aromatic N) is 3. The van der Waals surface area contributed by atoms with Gasteiger partial charge in [-0.1, -0.05) is 36.0 Å². The molecule has 0 saturated carbocycles. The lowest BCUT2D eigenvalue weighted by atomic mass is 10.2. The van der Waals surface area contributed by atoms with Crippen LogP contribution >= 0.6 is 23.1 Å². The molecule has 0 N–H and O–H groups in total. The van der Waals surface area contributed by atoms with Gasteiger partial charge in [0.15, 0.2) is 0 Å². The van der Waals surface area contributed by atoms with Crippen molar-refractivity contribution in [2.75, 3.05) is 0 Å². The number of aryl methyl sites for hydroxylation is 1. The van der Waals surface area contributed by atoms with E-state index in [2.05, 4.69) is 15.2 Å². The van der Waals surface area contributed by atoms with Crippen LogP contribution in [0.4, 0.5) is 0 Å². The second-order valence-electron chi connectivity index (χ2n) is 5.03. The highest BCUT2D eigenvalue weighted by molar-refractivity contribution is 7.98. The molecule has 0 aliphatic rings. The van der Waals surface area contributed by atoms with E-state index in [9.17, 15) is 0 Å². The average molecular weight is 355 g/mol. The zero-order valence-corrected chi connectivity index (χ0v) is 14.4. The molecule has 4 rings (SSSR count). The van der Waals surface area contributed by atoms with Crippen LogP contribution in [0.15, 0.2) is 61.9 Å². The molecule has 4 aromatic rings. The third-order valence-electron chi connectivity index (χ3n) is 3.38. The standard InChI is InChI=1S/C17H13N3O2S2/c1-11-13(18-16(21-11)14-8-5-9-23-14)10-24-17-20-19-15(22-17)12-6-3-2-4-7-12/h2-9H,10H2,1H3. The third kappa shape index (κ3) is 3.13. The van der Waals surface area contributed by atoms with Crippen molar-refractivity contribution in [3.05, 3.63) is 59.3 Å². The van der Waals surface area contributed by atoms with Crippen molar-refractivity contribution in [2.45, 2.75) is 17.9 Å². The quantitative estimate of drug-likeness (QED) is 0.467. The largest absolute Gasteiger partial charge is 0.440 e. The number of benzene rings is 1. The Bertz CT molecular complexity index is 930. The average Bonchev–Trinajstić information content (AvgIpc) is 3.35. The molecule has 120 valence electrons. The van der Waals surface area contributed by atoms with Gasteiger partial charge in [-0.25, -0.2) is 4.98 Å². The highest BCUT2D eigenvalue weighted by Crippen LogP contribution is 2.30. The van der Waals surface area contributed by atoms with Crippen molar-refractivity contribution in [3.8, 4) is 22.2 Å². The number of rotatable bonds is 5. The molecule has 0 atom stereocenters. The lowest BCUT2D eigenvalue weighted by molar-refractivity contribution is 0.465. The van der Waals surface area contributed by atoms with E-state index in [-0.39, 0.29) is 0 Å². The van der Waals surface area contributed by atoms with Gasteiger partial charge in [0, 0.05) is 11.3 Å². The molecule has 5 nitrogen and oxygen atoms in total. The van der Waals surface area contributed by atoms with Crippen LogP contribution in [0.25, 0.3) is 22.2 Å². The molecule has 0 aliphatic heterocycles. The zero-order valence-electron chi connectivity index (χ0n) is 12.8. The first kappa shape index (κ1) is 15.2. The van der Waals surface area contributed by atoms with Crippen molar-refractivity contribution in [1.82, 2.24) is 15.2 Å². The summed E-state index contributed by atoms with van der Waals surface area (Å²) in [4.78, 5) is 5.59. The highest BCUT2D eigenvalue weighted by atomic mass is 32.2. The third-order valence-corrected chi connectivity index (χ3v) is 5.07. The van der Waals surface area contributed by atoms with Crippen LogP contribution < -0.4 is 0 Å². The topological polar surface area (TPSA) is 65.0 Å². The molecular formula is C17H13N3O2S2. The maximum Gasteiger partial charge on any atom is 0.277 e. The monoisotopic (exact) mass is 355 g/mol. The minimum Gasteiger partial charge on any atom is -0.440 e. The summed E-state index contributed by atoms with van der Waals surface area (Å²) in [5, 5.41) is 10.7. The molecule has 0 radical (unpaired) electrons. The summed E-state index contributed by atoms with van der Waals surface area (Å²) in [6.07, 6.45) is 0. The van der Waals surface area contributed by atoms with Gasteiger partial charge in [-0.2, -0.15) is 0 Å². The Labute approximate surface area is 146 Å². The van der Waals surface area contributed by atoms with E-state index in [1.807, 2.05) is 54.8 Å². The lowest BCUT2D eigenvalue weighted by Gasteiger charge is -1.94. The van der Waals surface area contributed by atoms with E-state index in [4.69, 9.17) is 8.83 Å². The van der Waals surface area contributed by atoms with Crippen molar-refractivity contribution in [3.63, 3.8) is 0 Å². The van der Waals surface area contributed by atoms with Crippen LogP contribution in [-0.2, 0) is 5.75 Å². The number of thioether (sulfide) groups is 1. The molecule has 24 heavy (non-hydrogen) atoms. The van der Waals surface area contributed by atoms with E-state index < -0.39 is 0 Å². The van der Waals surface area contributed by atoms with Crippen LogP contribution in [0.3, 0.4) is 0 Å². The second-order valence-corrected chi connectivity index (χ2v) is 6.90. The molecule has 0 amide bonds. The number of thiophene rings is 1. The van der Waals surface area contributed by atoms with Gasteiger partial charge in [-0.3, -0.25) is 0 Å². The fourth-order valence-electron chi connectivity index (χ4n) is 2.16. The van der Waals surface area contributed by atoms with Crippen molar-refractivity contribution < 1.29 is 8.83 Å². The second kappa shape index (κ2) is 6.62. The van der Waals surface area contributed by atoms with Crippen molar-refractivity contribution >= 4 is 23.1 Å². The van der Waals surface area contributed by atoms with Gasteiger partial charge in [0.05, 0.1) is 10.6 Å². The van der Waals surface area contributed by atoms with Crippen LogP contribution in [0.1, 0.15) is 11.5 Å². The van der Waals surface area contributed by atoms with E-state index in [1.54, 1.807) is 11.3 Å². The maximum atomic E-state index is 5.74. The predicted octanol–water partition coefficient (Wildman–Crippen LogP) is 5.05. The number of hydrogen-bond acceptors (Lipinski definition) is 7. The molecule has 7 heteroatoms. The Morgan fingerprint density at radius 2 is 1.88 bits per heavy atom. The SMILES string of the molecule is Cc1oc(-c2cccs2)nc1CSc1nnc(-c2ccccc2)o1. The van der Waals surface area contributed by atoms with Gasteiger partial charge in [0.2, 0.25) is 11.8 Å². The fraction of sp³-hybridized carbons (Fsp3) is 0.118. The molecule has 0 unspecified atom stereocenters. The van der Waals surface area contributed by atoms with Crippen molar-refractivity contribution in [1.29, 1.82) is 0 Å². The highest BCUT2D eigenvalue weighted by Gasteiger charge is 2.14. The normalized spacial score (nSPS) is 11.0. The molecule has 0 spiro atoms. The smallest absolute Gasteiger partial charge is 0.277 e. The summed E-state index contributed by atoms with van der Waals surface area (Å²) >= 11 is 3.06. The van der Waals surface area contributed by atoms with E-state index >= 15 is 0 Å². The lowest BCUT2D eigenvalue weighted by Crippen LogP contribution is -1.84. The molecule has 0 aliphatic carbocycles. The molecule has 0 bridgehead atoms. The van der Waals surface area contributed by atoms with E-state index in [1.165, 1.54) is 11.8 Å². The Kier molecular flexibility index (Phi) is 4.18. The van der Waals surface area contributed by atoms with Crippen molar-refractivity contribution in [2.24, 2.45) is 0 Å². The van der Waals surface area contributed by atoms with Crippen LogP contribution in [0, 0.1) is 6.92 Å². The van der Waals surface area contributed by atoms with Crippen LogP contribution in [0.2, 0.25) is 0 Å². The van der Waals surface area contributed by atoms with Gasteiger partial charge >= 0.3 is 0 Å². The molecular weight excluding hydrogens is 342 g/mol. The predicted molar refractivity (Wildman–Crippen MR) is 93.8 cm³/mol. The van der Waals surface area contributed by atoms with Gasteiger partial charge in [-0.15, -0.1) is 21.5 Å². The number of aromatic nitrogens is 3. The van der Waals surface area contributed by atoms with E-state index in [0.29, 0.717) is 22.8 Å². The minimum atomic E-state index is 0.522. The fourth-order valence-corrected chi connectivity index (χ4v) is 3.58. The first-order chi connectivity index (χ1) is 11.8. The molecule has 0 saturated heterocycles. The number of oxazole rings is 1. The Morgan fingerprint density at radius 3 is 2.67 bits per heavy atom. The first-order valence-corrected chi connectivity index (χ1v) is 9.18. The first-order valence-electron chi connectivity index (χ1n) is 7.31. The summed E-state index contributed by atoms with van der Waals surface area (Å²) in [7, 11) is 0. The van der Waals surface area contributed by atoms with Crippen LogP contribution in [0.5, 0.6) is 0 Å². The van der Waals surface area contributed by atoms with Gasteiger partial charge in [-0.05, 0) is 30.5 Å². The van der Waals surface area contributed by atoms with E-state index in [0.717, 1.165) is 21.9 Å². The molecule has 1 aromatic carbocycles. The summed E-state index contributed by atoms with van der Waals surface area (Å²) in [6.45, 7) is 1.92. The van der Waals surface area contributed by atoms with Gasteiger partial charge in [0.25, 0.3) is 5.22 Å². The summed E-state index contributed by atoms with van der Waals surface area (Å²) in [5.41, 5.74) is 1.80. The molecule has 3 aromatic heterocycles. The Balaban J connectivity index is 1.47. The summed E-state index contributed by atoms with van der Waals surface area (Å²) in [5.74, 6) is 2.62. The van der Waals surface area contributed by atoms with Gasteiger partial charge < -0.3 is 8.83 Å². The zero-order chi connectivity index (χ0) is 16.4. The maximum absolute atomic E-state index is 5.74. The molecule has 3 heterocycles. The number of hydrogen-bond donors (Lipinski definition) is 0. The molecule has 0 fully saturated rings.